The lowest BCUT2D eigenvalue weighted by Gasteiger charge is -2.31. The summed E-state index contributed by atoms with van der Waals surface area (Å²) in [6, 6.07) is 10.7. The van der Waals surface area contributed by atoms with E-state index in [-0.39, 0.29) is 0 Å². The van der Waals surface area contributed by atoms with Crippen LogP contribution in [0, 0.1) is 0 Å². The van der Waals surface area contributed by atoms with Crippen LogP contribution >= 0.6 is 0 Å². The topological polar surface area (TPSA) is 41.5 Å². The monoisotopic (exact) mass is 296 g/mol. The van der Waals surface area contributed by atoms with E-state index < -0.39 is 0 Å². The summed E-state index contributed by atoms with van der Waals surface area (Å²) in [5.41, 5.74) is 2.86. The average molecular weight is 296 g/mol. The number of morpholine rings is 1. The SMILES string of the molecule is c1ccc2c(c1)CCN(c1ccnc(N3CCOCC3)n1)C2. The van der Waals surface area contributed by atoms with E-state index in [0.717, 1.165) is 57.6 Å². The van der Waals surface area contributed by atoms with Crippen LogP contribution in [0.4, 0.5) is 11.8 Å². The number of hydrogen-bond acceptors (Lipinski definition) is 5. The van der Waals surface area contributed by atoms with E-state index >= 15 is 0 Å². The van der Waals surface area contributed by atoms with E-state index in [0.29, 0.717) is 0 Å². The van der Waals surface area contributed by atoms with E-state index in [9.17, 15) is 0 Å². The maximum atomic E-state index is 5.40. The maximum absolute atomic E-state index is 5.40. The van der Waals surface area contributed by atoms with Crippen LogP contribution in [0.5, 0.6) is 0 Å². The van der Waals surface area contributed by atoms with E-state index in [4.69, 9.17) is 9.72 Å². The number of rotatable bonds is 2. The van der Waals surface area contributed by atoms with Gasteiger partial charge in [-0.25, -0.2) is 4.98 Å². The van der Waals surface area contributed by atoms with Crippen LogP contribution in [-0.4, -0.2) is 42.8 Å². The zero-order valence-electron chi connectivity index (χ0n) is 12.6. The van der Waals surface area contributed by atoms with Crippen LogP contribution in [0.3, 0.4) is 0 Å². The van der Waals surface area contributed by atoms with E-state index in [1.807, 2.05) is 12.3 Å². The van der Waals surface area contributed by atoms with Crippen LogP contribution in [-0.2, 0) is 17.7 Å². The maximum Gasteiger partial charge on any atom is 0.227 e. The Morgan fingerprint density at radius 1 is 0.909 bits per heavy atom. The third-order valence-electron chi connectivity index (χ3n) is 4.38. The third-order valence-corrected chi connectivity index (χ3v) is 4.38. The zero-order valence-corrected chi connectivity index (χ0v) is 12.6. The number of benzene rings is 1. The van der Waals surface area contributed by atoms with Gasteiger partial charge in [0.2, 0.25) is 5.95 Å². The second-order valence-electron chi connectivity index (χ2n) is 5.75. The molecule has 2 aliphatic heterocycles. The fourth-order valence-corrected chi connectivity index (χ4v) is 3.12. The summed E-state index contributed by atoms with van der Waals surface area (Å²) in [5.74, 6) is 1.84. The molecule has 0 amide bonds. The summed E-state index contributed by atoms with van der Waals surface area (Å²) < 4.78 is 5.40. The molecule has 2 aliphatic rings. The highest BCUT2D eigenvalue weighted by atomic mass is 16.5. The van der Waals surface area contributed by atoms with Gasteiger partial charge in [0.25, 0.3) is 0 Å². The Kier molecular flexibility index (Phi) is 3.64. The Morgan fingerprint density at radius 2 is 1.73 bits per heavy atom. The normalized spacial score (nSPS) is 18.2. The molecule has 1 aromatic heterocycles. The first-order chi connectivity index (χ1) is 10.9. The molecule has 0 aliphatic carbocycles. The molecule has 0 bridgehead atoms. The first kappa shape index (κ1) is 13.5. The Hall–Kier alpha value is -2.14. The van der Waals surface area contributed by atoms with Gasteiger partial charge in [0.15, 0.2) is 0 Å². The number of nitrogens with zero attached hydrogens (tertiary/aromatic N) is 4. The van der Waals surface area contributed by atoms with Crippen molar-refractivity contribution >= 4 is 11.8 Å². The Labute approximate surface area is 130 Å². The van der Waals surface area contributed by atoms with Gasteiger partial charge in [0.1, 0.15) is 5.82 Å². The predicted octanol–water partition coefficient (Wildman–Crippen LogP) is 1.88. The molecular weight excluding hydrogens is 276 g/mol. The molecule has 1 saturated heterocycles. The summed E-state index contributed by atoms with van der Waals surface area (Å²) >= 11 is 0. The van der Waals surface area contributed by atoms with Gasteiger partial charge in [-0.05, 0) is 23.6 Å². The largest absolute Gasteiger partial charge is 0.378 e. The molecule has 114 valence electrons. The molecule has 2 aromatic rings. The lowest BCUT2D eigenvalue weighted by atomic mass is 10.00. The van der Waals surface area contributed by atoms with Gasteiger partial charge in [0.05, 0.1) is 13.2 Å². The molecule has 0 saturated carbocycles. The Bertz CT molecular complexity index is 655. The van der Waals surface area contributed by atoms with Gasteiger partial charge >= 0.3 is 0 Å². The highest BCUT2D eigenvalue weighted by Crippen LogP contribution is 2.24. The lowest BCUT2D eigenvalue weighted by Crippen LogP contribution is -2.38. The minimum Gasteiger partial charge on any atom is -0.378 e. The van der Waals surface area contributed by atoms with Crippen molar-refractivity contribution in [3.8, 4) is 0 Å². The molecular formula is C17H20N4O. The van der Waals surface area contributed by atoms with Crippen molar-refractivity contribution in [1.82, 2.24) is 9.97 Å². The Morgan fingerprint density at radius 3 is 2.59 bits per heavy atom. The standard InChI is InChI=1S/C17H20N4O/c1-2-4-15-13-21(8-6-14(15)3-1)16-5-7-18-17(19-16)20-9-11-22-12-10-20/h1-5,7H,6,8-13H2. The summed E-state index contributed by atoms with van der Waals surface area (Å²) in [6.07, 6.45) is 2.95. The van der Waals surface area contributed by atoms with Gasteiger partial charge in [-0.1, -0.05) is 24.3 Å². The molecule has 5 nitrogen and oxygen atoms in total. The molecule has 0 atom stereocenters. The first-order valence-corrected chi connectivity index (χ1v) is 7.87. The summed E-state index contributed by atoms with van der Waals surface area (Å²) in [4.78, 5) is 13.8. The van der Waals surface area contributed by atoms with Crippen molar-refractivity contribution in [2.24, 2.45) is 0 Å². The smallest absolute Gasteiger partial charge is 0.227 e. The molecule has 0 spiro atoms. The van der Waals surface area contributed by atoms with E-state index in [1.54, 1.807) is 0 Å². The van der Waals surface area contributed by atoms with Crippen LogP contribution in [0.1, 0.15) is 11.1 Å². The van der Waals surface area contributed by atoms with Gasteiger partial charge in [-0.2, -0.15) is 4.98 Å². The number of aromatic nitrogens is 2. The average Bonchev–Trinajstić information content (AvgIpc) is 2.62. The summed E-state index contributed by atoms with van der Waals surface area (Å²) in [6.45, 7) is 5.18. The van der Waals surface area contributed by atoms with Crippen LogP contribution in [0.15, 0.2) is 36.5 Å². The number of fused-ring (bicyclic) bond motifs is 1. The van der Waals surface area contributed by atoms with E-state index in [2.05, 4.69) is 39.0 Å². The number of anilines is 2. The fraction of sp³-hybridized carbons (Fsp3) is 0.412. The zero-order chi connectivity index (χ0) is 14.8. The highest BCUT2D eigenvalue weighted by Gasteiger charge is 2.19. The van der Waals surface area contributed by atoms with Crippen molar-refractivity contribution in [3.63, 3.8) is 0 Å². The van der Waals surface area contributed by atoms with Crippen molar-refractivity contribution < 1.29 is 4.74 Å². The van der Waals surface area contributed by atoms with Crippen LogP contribution in [0.2, 0.25) is 0 Å². The van der Waals surface area contributed by atoms with Gasteiger partial charge in [0, 0.05) is 32.4 Å². The molecule has 22 heavy (non-hydrogen) atoms. The van der Waals surface area contributed by atoms with Crippen LogP contribution in [0.25, 0.3) is 0 Å². The lowest BCUT2D eigenvalue weighted by molar-refractivity contribution is 0.122. The third kappa shape index (κ3) is 2.64. The minimum atomic E-state index is 0.755. The van der Waals surface area contributed by atoms with Crippen molar-refractivity contribution in [2.75, 3.05) is 42.6 Å². The van der Waals surface area contributed by atoms with Gasteiger partial charge in [-0.15, -0.1) is 0 Å². The first-order valence-electron chi connectivity index (χ1n) is 7.87. The second-order valence-corrected chi connectivity index (χ2v) is 5.75. The summed E-state index contributed by atoms with van der Waals surface area (Å²) in [7, 11) is 0. The quantitative estimate of drug-likeness (QED) is 0.846. The molecule has 0 unspecified atom stereocenters. The van der Waals surface area contributed by atoms with Crippen molar-refractivity contribution in [1.29, 1.82) is 0 Å². The molecule has 1 fully saturated rings. The van der Waals surface area contributed by atoms with Gasteiger partial charge < -0.3 is 14.5 Å². The molecule has 0 radical (unpaired) electrons. The molecule has 0 N–H and O–H groups in total. The van der Waals surface area contributed by atoms with Crippen molar-refractivity contribution in [3.05, 3.63) is 47.7 Å². The second kappa shape index (κ2) is 5.93. The van der Waals surface area contributed by atoms with E-state index in [1.165, 1.54) is 11.1 Å². The molecule has 5 heteroatoms. The Balaban J connectivity index is 1.56. The molecule has 1 aromatic carbocycles. The fourth-order valence-electron chi connectivity index (χ4n) is 3.12. The number of hydrogen-bond donors (Lipinski definition) is 0. The predicted molar refractivity (Wildman–Crippen MR) is 86.3 cm³/mol. The molecule has 3 heterocycles. The van der Waals surface area contributed by atoms with Crippen LogP contribution < -0.4 is 9.80 Å². The van der Waals surface area contributed by atoms with Crippen molar-refractivity contribution in [2.45, 2.75) is 13.0 Å². The molecule has 4 rings (SSSR count). The highest BCUT2D eigenvalue weighted by molar-refractivity contribution is 5.47. The van der Waals surface area contributed by atoms with Gasteiger partial charge in [-0.3, -0.25) is 0 Å². The summed E-state index contributed by atoms with van der Waals surface area (Å²) in [5, 5.41) is 0. The number of ether oxygens (including phenoxy) is 1. The minimum absolute atomic E-state index is 0.755.